The molecule has 0 spiro atoms. The Morgan fingerprint density at radius 1 is 1.44 bits per heavy atom. The summed E-state index contributed by atoms with van der Waals surface area (Å²) in [4.78, 5) is 26.4. The minimum absolute atomic E-state index is 0.315. The van der Waals surface area contributed by atoms with Gasteiger partial charge in [0, 0.05) is 11.2 Å². The Kier molecular flexibility index (Phi) is 3.78. The van der Waals surface area contributed by atoms with Crippen molar-refractivity contribution in [1.29, 1.82) is 0 Å². The number of aromatic nitrogens is 1. The fourth-order valence-corrected chi connectivity index (χ4v) is 1.85. The van der Waals surface area contributed by atoms with Crippen LogP contribution in [0.2, 0.25) is 5.02 Å². The van der Waals surface area contributed by atoms with Gasteiger partial charge in [0.25, 0.3) is 5.91 Å². The van der Waals surface area contributed by atoms with E-state index in [1.54, 1.807) is 6.07 Å². The number of pyridine rings is 1. The molecule has 2 unspecified atom stereocenters. The number of halogens is 1. The smallest absolute Gasteiger partial charge is 0.332 e. The summed E-state index contributed by atoms with van der Waals surface area (Å²) in [6, 6.07) is 3.09. The van der Waals surface area contributed by atoms with E-state index in [2.05, 4.69) is 10.3 Å². The van der Waals surface area contributed by atoms with Crippen molar-refractivity contribution in [3.8, 4) is 0 Å². The topological polar surface area (TPSA) is 88.5 Å². The molecule has 96 valence electrons. The summed E-state index contributed by atoms with van der Waals surface area (Å²) >= 11 is 5.75. The molecule has 2 atom stereocenters. The molecule has 2 heterocycles. The number of aliphatic carboxylic acids is 1. The van der Waals surface area contributed by atoms with Crippen LogP contribution in [0.25, 0.3) is 0 Å². The minimum atomic E-state index is -1.05. The molecule has 1 amide bonds. The second kappa shape index (κ2) is 5.32. The van der Waals surface area contributed by atoms with E-state index in [1.807, 2.05) is 0 Å². The van der Waals surface area contributed by atoms with Gasteiger partial charge in [-0.25, -0.2) is 9.78 Å². The maximum atomic E-state index is 11.8. The summed E-state index contributed by atoms with van der Waals surface area (Å²) in [5.74, 6) is -1.14. The van der Waals surface area contributed by atoms with Crippen molar-refractivity contribution in [1.82, 2.24) is 4.98 Å². The lowest BCUT2D eigenvalue weighted by Crippen LogP contribution is -2.30. The number of ether oxygens (including phenoxy) is 1. The van der Waals surface area contributed by atoms with Crippen molar-refractivity contribution >= 4 is 29.3 Å². The molecule has 2 rings (SSSR count). The molecule has 1 aromatic rings. The Bertz CT molecular complexity index is 480. The number of carboxylic acid groups (broad SMARTS) is 1. The van der Waals surface area contributed by atoms with Crippen LogP contribution in [0.1, 0.15) is 12.8 Å². The van der Waals surface area contributed by atoms with Crippen LogP contribution >= 0.6 is 11.6 Å². The van der Waals surface area contributed by atoms with Gasteiger partial charge in [-0.1, -0.05) is 11.6 Å². The zero-order chi connectivity index (χ0) is 13.1. The van der Waals surface area contributed by atoms with Gasteiger partial charge in [-0.3, -0.25) is 4.79 Å². The van der Waals surface area contributed by atoms with Crippen LogP contribution in [0, 0.1) is 0 Å². The molecule has 0 radical (unpaired) electrons. The van der Waals surface area contributed by atoms with Gasteiger partial charge in [0.15, 0.2) is 6.10 Å². The van der Waals surface area contributed by atoms with Crippen molar-refractivity contribution in [3.63, 3.8) is 0 Å². The number of carbonyl (C=O) groups excluding carboxylic acids is 1. The van der Waals surface area contributed by atoms with Crippen LogP contribution in [0.4, 0.5) is 5.82 Å². The normalized spacial score (nSPS) is 22.7. The average Bonchev–Trinajstić information content (AvgIpc) is 2.78. The fourth-order valence-electron chi connectivity index (χ4n) is 1.69. The maximum Gasteiger partial charge on any atom is 0.332 e. The van der Waals surface area contributed by atoms with E-state index < -0.39 is 24.1 Å². The van der Waals surface area contributed by atoms with E-state index in [0.29, 0.717) is 23.7 Å². The van der Waals surface area contributed by atoms with Crippen LogP contribution in [-0.4, -0.2) is 34.2 Å². The number of rotatable bonds is 3. The second-order valence-corrected chi connectivity index (χ2v) is 4.31. The molecule has 1 aliphatic rings. The van der Waals surface area contributed by atoms with Crippen LogP contribution in [0.3, 0.4) is 0 Å². The van der Waals surface area contributed by atoms with Crippen LogP contribution < -0.4 is 5.32 Å². The van der Waals surface area contributed by atoms with Crippen molar-refractivity contribution in [2.24, 2.45) is 0 Å². The van der Waals surface area contributed by atoms with Gasteiger partial charge >= 0.3 is 5.97 Å². The summed E-state index contributed by atoms with van der Waals surface area (Å²) in [5.41, 5.74) is 0. The molecular weight excluding hydrogens is 260 g/mol. The zero-order valence-corrected chi connectivity index (χ0v) is 10.1. The lowest BCUT2D eigenvalue weighted by molar-refractivity contribution is -0.150. The third kappa shape index (κ3) is 2.96. The minimum Gasteiger partial charge on any atom is -0.479 e. The lowest BCUT2D eigenvalue weighted by Gasteiger charge is -2.11. The second-order valence-electron chi connectivity index (χ2n) is 3.88. The van der Waals surface area contributed by atoms with Crippen LogP contribution in [0.15, 0.2) is 18.3 Å². The van der Waals surface area contributed by atoms with Crippen LogP contribution in [0.5, 0.6) is 0 Å². The first kappa shape index (κ1) is 12.8. The third-order valence-corrected chi connectivity index (χ3v) is 2.80. The van der Waals surface area contributed by atoms with E-state index in [0.717, 1.165) is 0 Å². The third-order valence-electron chi connectivity index (χ3n) is 2.56. The van der Waals surface area contributed by atoms with Crippen LogP contribution in [-0.2, 0) is 14.3 Å². The molecule has 18 heavy (non-hydrogen) atoms. The van der Waals surface area contributed by atoms with Gasteiger partial charge in [0.1, 0.15) is 11.9 Å². The SMILES string of the molecule is O=C(O)C1CCC(C(=O)Nc2cc(Cl)ccn2)O1. The van der Waals surface area contributed by atoms with E-state index in [4.69, 9.17) is 21.4 Å². The first-order valence-corrected chi connectivity index (χ1v) is 5.75. The summed E-state index contributed by atoms with van der Waals surface area (Å²) in [7, 11) is 0. The van der Waals surface area contributed by atoms with Gasteiger partial charge in [-0.15, -0.1) is 0 Å². The molecule has 2 N–H and O–H groups in total. The van der Waals surface area contributed by atoms with Crippen molar-refractivity contribution in [2.45, 2.75) is 25.0 Å². The Balaban J connectivity index is 1.95. The number of carboxylic acids is 1. The Morgan fingerprint density at radius 2 is 2.17 bits per heavy atom. The summed E-state index contributed by atoms with van der Waals surface area (Å²) < 4.78 is 5.11. The van der Waals surface area contributed by atoms with Gasteiger partial charge < -0.3 is 15.2 Å². The van der Waals surface area contributed by atoms with Gasteiger partial charge in [-0.2, -0.15) is 0 Å². The largest absolute Gasteiger partial charge is 0.479 e. The predicted molar refractivity (Wildman–Crippen MR) is 63.4 cm³/mol. The lowest BCUT2D eigenvalue weighted by atomic mass is 10.2. The molecule has 0 bridgehead atoms. The number of amides is 1. The van der Waals surface area contributed by atoms with Crippen molar-refractivity contribution in [3.05, 3.63) is 23.4 Å². The molecule has 1 aliphatic heterocycles. The molecule has 1 fully saturated rings. The Morgan fingerprint density at radius 3 is 2.78 bits per heavy atom. The quantitative estimate of drug-likeness (QED) is 0.864. The highest BCUT2D eigenvalue weighted by molar-refractivity contribution is 6.30. The molecule has 1 saturated heterocycles. The summed E-state index contributed by atoms with van der Waals surface area (Å²) in [6.45, 7) is 0. The first-order valence-electron chi connectivity index (χ1n) is 5.37. The number of nitrogens with zero attached hydrogens (tertiary/aromatic N) is 1. The Labute approximate surface area is 108 Å². The molecule has 0 saturated carbocycles. The number of carbonyl (C=O) groups is 2. The van der Waals surface area contributed by atoms with Crippen molar-refractivity contribution < 1.29 is 19.4 Å². The molecular formula is C11H11ClN2O4. The highest BCUT2D eigenvalue weighted by Gasteiger charge is 2.34. The fraction of sp³-hybridized carbons (Fsp3) is 0.364. The monoisotopic (exact) mass is 270 g/mol. The van der Waals surface area contributed by atoms with E-state index in [-0.39, 0.29) is 0 Å². The molecule has 0 aromatic carbocycles. The number of nitrogens with one attached hydrogen (secondary N) is 1. The number of anilines is 1. The highest BCUT2D eigenvalue weighted by atomic mass is 35.5. The van der Waals surface area contributed by atoms with E-state index in [1.165, 1.54) is 12.3 Å². The predicted octanol–water partition coefficient (Wildman–Crippen LogP) is 1.31. The van der Waals surface area contributed by atoms with Crippen molar-refractivity contribution in [2.75, 3.05) is 5.32 Å². The van der Waals surface area contributed by atoms with E-state index in [9.17, 15) is 9.59 Å². The first-order chi connectivity index (χ1) is 8.56. The number of hydrogen-bond acceptors (Lipinski definition) is 4. The molecule has 6 nitrogen and oxygen atoms in total. The summed E-state index contributed by atoms with van der Waals surface area (Å²) in [5, 5.41) is 11.7. The molecule has 0 aliphatic carbocycles. The number of hydrogen-bond donors (Lipinski definition) is 2. The van der Waals surface area contributed by atoms with Gasteiger partial charge in [-0.05, 0) is 25.0 Å². The molecule has 1 aromatic heterocycles. The highest BCUT2D eigenvalue weighted by Crippen LogP contribution is 2.21. The average molecular weight is 271 g/mol. The standard InChI is InChI=1S/C11H11ClN2O4/c12-6-3-4-13-9(5-6)14-10(15)7-1-2-8(18-7)11(16)17/h3-5,7-8H,1-2H2,(H,16,17)(H,13,14,15). The Hall–Kier alpha value is -1.66. The van der Waals surface area contributed by atoms with E-state index >= 15 is 0 Å². The van der Waals surface area contributed by atoms with Gasteiger partial charge in [0.2, 0.25) is 0 Å². The van der Waals surface area contributed by atoms with Gasteiger partial charge in [0.05, 0.1) is 0 Å². The maximum absolute atomic E-state index is 11.8. The summed E-state index contributed by atoms with van der Waals surface area (Å²) in [6.07, 6.45) is 0.507. The molecule has 7 heteroatoms. The zero-order valence-electron chi connectivity index (χ0n) is 9.30.